The van der Waals surface area contributed by atoms with Crippen LogP contribution in [0.4, 0.5) is 0 Å². The van der Waals surface area contributed by atoms with Gasteiger partial charge in [-0.15, -0.1) is 0 Å². The number of aryl methyl sites for hydroxylation is 2. The number of ether oxygens (including phenoxy) is 1. The molecule has 3 aromatic rings. The number of benzene rings is 2. The summed E-state index contributed by atoms with van der Waals surface area (Å²) in [5, 5.41) is 0. The molecular weight excluding hydrogens is 378 g/mol. The summed E-state index contributed by atoms with van der Waals surface area (Å²) in [6, 6.07) is 21.6. The summed E-state index contributed by atoms with van der Waals surface area (Å²) in [5.41, 5.74) is 3.30. The van der Waals surface area contributed by atoms with Crippen molar-refractivity contribution in [1.82, 2.24) is 4.57 Å². The molecule has 3 nitrogen and oxygen atoms in total. The molecule has 0 N–H and O–H groups in total. The molecule has 1 heterocycles. The summed E-state index contributed by atoms with van der Waals surface area (Å²) in [5.74, 6) is 0.882. The summed E-state index contributed by atoms with van der Waals surface area (Å²) < 4.78 is 8.75. The van der Waals surface area contributed by atoms with E-state index < -0.39 is 0 Å². The molecule has 0 amide bonds. The molecule has 0 radical (unpaired) electrons. The Morgan fingerprint density at radius 1 is 0.960 bits per heavy atom. The number of pyridine rings is 1. The zero-order chi connectivity index (χ0) is 17.6. The molecule has 2 aromatic carbocycles. The van der Waals surface area contributed by atoms with Crippen LogP contribution in [-0.4, -0.2) is 4.57 Å². The van der Waals surface area contributed by atoms with Crippen molar-refractivity contribution in [1.29, 1.82) is 0 Å². The Kier molecular flexibility index (Phi) is 5.71. The highest BCUT2D eigenvalue weighted by Crippen LogP contribution is 2.25. The van der Waals surface area contributed by atoms with Crippen LogP contribution in [0, 0.1) is 0 Å². The highest BCUT2D eigenvalue weighted by Gasteiger charge is 2.07. The van der Waals surface area contributed by atoms with Gasteiger partial charge in [0.05, 0.1) is 0 Å². The first-order valence-corrected chi connectivity index (χ1v) is 9.03. The monoisotopic (exact) mass is 397 g/mol. The first kappa shape index (κ1) is 17.5. The van der Waals surface area contributed by atoms with Gasteiger partial charge in [0.2, 0.25) is 5.56 Å². The second-order valence-corrected chi connectivity index (χ2v) is 6.86. The standard InChI is InChI=1S/C21H20BrNO2/c1-23-19(8-5-9-21(23)24)12-10-17-14-18(22)11-13-20(17)25-15-16-6-3-2-4-7-16/h2-9,11,13-14H,10,12,15H2,1H3. The first-order valence-electron chi connectivity index (χ1n) is 8.23. The van der Waals surface area contributed by atoms with E-state index in [1.165, 1.54) is 0 Å². The molecule has 0 aliphatic heterocycles. The molecule has 0 fully saturated rings. The molecule has 0 spiro atoms. The molecular formula is C21H20BrNO2. The van der Waals surface area contributed by atoms with Crippen molar-refractivity contribution < 1.29 is 4.74 Å². The van der Waals surface area contributed by atoms with Gasteiger partial charge < -0.3 is 9.30 Å². The van der Waals surface area contributed by atoms with E-state index >= 15 is 0 Å². The van der Waals surface area contributed by atoms with Gasteiger partial charge in [-0.2, -0.15) is 0 Å². The maximum atomic E-state index is 11.8. The highest BCUT2D eigenvalue weighted by atomic mass is 79.9. The zero-order valence-corrected chi connectivity index (χ0v) is 15.7. The minimum Gasteiger partial charge on any atom is -0.489 e. The van der Waals surface area contributed by atoms with Gasteiger partial charge in [-0.25, -0.2) is 0 Å². The Hall–Kier alpha value is -2.33. The SMILES string of the molecule is Cn1c(CCc2cc(Br)ccc2OCc2ccccc2)cccc1=O. The predicted molar refractivity (Wildman–Crippen MR) is 104 cm³/mol. The fourth-order valence-electron chi connectivity index (χ4n) is 2.74. The van der Waals surface area contributed by atoms with E-state index in [9.17, 15) is 4.79 Å². The minimum absolute atomic E-state index is 0.0206. The molecule has 0 aliphatic rings. The summed E-state index contributed by atoms with van der Waals surface area (Å²) in [7, 11) is 1.81. The number of aromatic nitrogens is 1. The predicted octanol–water partition coefficient (Wildman–Crippen LogP) is 4.51. The van der Waals surface area contributed by atoms with Crippen molar-refractivity contribution in [2.75, 3.05) is 0 Å². The Bertz CT molecular complexity index is 903. The lowest BCUT2D eigenvalue weighted by molar-refractivity contribution is 0.303. The van der Waals surface area contributed by atoms with Crippen molar-refractivity contribution >= 4 is 15.9 Å². The van der Waals surface area contributed by atoms with E-state index in [2.05, 4.69) is 34.1 Å². The Balaban J connectivity index is 1.75. The largest absolute Gasteiger partial charge is 0.489 e. The molecule has 0 bridgehead atoms. The van der Waals surface area contributed by atoms with Gasteiger partial charge in [0.25, 0.3) is 0 Å². The second-order valence-electron chi connectivity index (χ2n) is 5.94. The molecule has 25 heavy (non-hydrogen) atoms. The van der Waals surface area contributed by atoms with Gasteiger partial charge in [-0.05, 0) is 48.2 Å². The van der Waals surface area contributed by atoms with Crippen molar-refractivity contribution in [3.63, 3.8) is 0 Å². The van der Waals surface area contributed by atoms with Crippen molar-refractivity contribution in [2.45, 2.75) is 19.4 Å². The van der Waals surface area contributed by atoms with E-state index in [0.717, 1.165) is 39.9 Å². The van der Waals surface area contributed by atoms with Gasteiger partial charge in [0, 0.05) is 23.3 Å². The number of nitrogens with zero attached hydrogens (tertiary/aromatic N) is 1. The number of hydrogen-bond acceptors (Lipinski definition) is 2. The molecule has 4 heteroatoms. The molecule has 0 saturated heterocycles. The number of halogens is 1. The first-order chi connectivity index (χ1) is 12.1. The lowest BCUT2D eigenvalue weighted by Gasteiger charge is -2.13. The van der Waals surface area contributed by atoms with Gasteiger partial charge in [0.15, 0.2) is 0 Å². The maximum absolute atomic E-state index is 11.8. The summed E-state index contributed by atoms with van der Waals surface area (Å²) in [4.78, 5) is 11.8. The molecule has 0 aliphatic carbocycles. The fraction of sp³-hybridized carbons (Fsp3) is 0.190. The molecule has 0 saturated carbocycles. The van der Waals surface area contributed by atoms with E-state index in [-0.39, 0.29) is 5.56 Å². The Labute approximate surface area is 156 Å². The van der Waals surface area contributed by atoms with Crippen LogP contribution >= 0.6 is 15.9 Å². The summed E-state index contributed by atoms with van der Waals surface area (Å²) in [6.07, 6.45) is 1.59. The molecule has 3 rings (SSSR count). The van der Waals surface area contributed by atoms with E-state index in [1.807, 2.05) is 49.5 Å². The molecule has 0 unspecified atom stereocenters. The smallest absolute Gasteiger partial charge is 0.250 e. The van der Waals surface area contributed by atoms with Crippen LogP contribution in [0.3, 0.4) is 0 Å². The van der Waals surface area contributed by atoms with Crippen LogP contribution in [0.1, 0.15) is 16.8 Å². The summed E-state index contributed by atoms with van der Waals surface area (Å²) >= 11 is 3.53. The second kappa shape index (κ2) is 8.17. The third-order valence-electron chi connectivity index (χ3n) is 4.20. The molecule has 1 aromatic heterocycles. The lowest BCUT2D eigenvalue weighted by atomic mass is 10.1. The van der Waals surface area contributed by atoms with Crippen LogP contribution in [0.15, 0.2) is 76.0 Å². The minimum atomic E-state index is 0.0206. The molecule has 128 valence electrons. The van der Waals surface area contributed by atoms with E-state index in [0.29, 0.717) is 6.61 Å². The Morgan fingerprint density at radius 2 is 1.76 bits per heavy atom. The van der Waals surface area contributed by atoms with Crippen molar-refractivity contribution in [2.24, 2.45) is 7.05 Å². The zero-order valence-electron chi connectivity index (χ0n) is 14.1. The lowest BCUT2D eigenvalue weighted by Crippen LogP contribution is -2.19. The van der Waals surface area contributed by atoms with Crippen LogP contribution in [0.5, 0.6) is 5.75 Å². The van der Waals surface area contributed by atoms with Crippen LogP contribution in [0.2, 0.25) is 0 Å². The van der Waals surface area contributed by atoms with Gasteiger partial charge in [0.1, 0.15) is 12.4 Å². The van der Waals surface area contributed by atoms with Crippen LogP contribution in [-0.2, 0) is 26.5 Å². The molecule has 0 atom stereocenters. The number of rotatable bonds is 6. The third-order valence-corrected chi connectivity index (χ3v) is 4.69. The van der Waals surface area contributed by atoms with E-state index in [4.69, 9.17) is 4.74 Å². The quantitative estimate of drug-likeness (QED) is 0.612. The van der Waals surface area contributed by atoms with E-state index in [1.54, 1.807) is 10.6 Å². The highest BCUT2D eigenvalue weighted by molar-refractivity contribution is 9.10. The van der Waals surface area contributed by atoms with Crippen LogP contribution < -0.4 is 10.3 Å². The summed E-state index contributed by atoms with van der Waals surface area (Å²) in [6.45, 7) is 0.541. The van der Waals surface area contributed by atoms with Crippen LogP contribution in [0.25, 0.3) is 0 Å². The topological polar surface area (TPSA) is 31.2 Å². The van der Waals surface area contributed by atoms with Crippen molar-refractivity contribution in [3.8, 4) is 5.75 Å². The normalized spacial score (nSPS) is 10.6. The third kappa shape index (κ3) is 4.60. The Morgan fingerprint density at radius 3 is 2.56 bits per heavy atom. The average Bonchev–Trinajstić information content (AvgIpc) is 2.63. The van der Waals surface area contributed by atoms with Gasteiger partial charge in [-0.1, -0.05) is 52.3 Å². The number of hydrogen-bond donors (Lipinski definition) is 0. The van der Waals surface area contributed by atoms with Crippen molar-refractivity contribution in [3.05, 3.63) is 98.4 Å². The average molecular weight is 398 g/mol. The maximum Gasteiger partial charge on any atom is 0.250 e. The fourth-order valence-corrected chi connectivity index (χ4v) is 3.15. The van der Waals surface area contributed by atoms with Gasteiger partial charge in [-0.3, -0.25) is 4.79 Å². The van der Waals surface area contributed by atoms with Gasteiger partial charge >= 0.3 is 0 Å².